The fourth-order valence-electron chi connectivity index (χ4n) is 1.79. The molecule has 3 heteroatoms. The summed E-state index contributed by atoms with van der Waals surface area (Å²) in [4.78, 5) is 11.4. The zero-order chi connectivity index (χ0) is 10.4. The molecule has 2 unspecified atom stereocenters. The first kappa shape index (κ1) is 11.7. The van der Waals surface area contributed by atoms with Crippen LogP contribution in [0.1, 0.15) is 45.4 Å². The zero-order valence-electron chi connectivity index (χ0n) is 9.00. The predicted octanol–water partition coefficient (Wildman–Crippen LogP) is 1.64. The van der Waals surface area contributed by atoms with Crippen LogP contribution in [0.3, 0.4) is 0 Å². The van der Waals surface area contributed by atoms with Gasteiger partial charge in [0, 0.05) is 13.0 Å². The smallest absolute Gasteiger partial charge is 0.149 e. The van der Waals surface area contributed by atoms with Crippen molar-refractivity contribution in [1.29, 1.82) is 0 Å². The average molecular weight is 199 g/mol. The molecule has 1 fully saturated rings. The van der Waals surface area contributed by atoms with E-state index in [1.165, 1.54) is 6.42 Å². The summed E-state index contributed by atoms with van der Waals surface area (Å²) >= 11 is 0. The summed E-state index contributed by atoms with van der Waals surface area (Å²) < 4.78 is 5.48. The molecule has 0 amide bonds. The second-order valence-corrected chi connectivity index (χ2v) is 4.01. The SMILES string of the molecule is CCC(N)C(=O)CCCC1CCCO1. The molecule has 82 valence electrons. The van der Waals surface area contributed by atoms with Gasteiger partial charge in [0.25, 0.3) is 0 Å². The first-order valence-corrected chi connectivity index (χ1v) is 5.64. The molecule has 0 aliphatic carbocycles. The molecule has 1 aliphatic heterocycles. The van der Waals surface area contributed by atoms with Gasteiger partial charge in [-0.3, -0.25) is 4.79 Å². The molecule has 1 saturated heterocycles. The first-order chi connectivity index (χ1) is 6.74. The highest BCUT2D eigenvalue weighted by Crippen LogP contribution is 2.17. The van der Waals surface area contributed by atoms with E-state index in [1.54, 1.807) is 0 Å². The maximum atomic E-state index is 11.4. The average Bonchev–Trinajstić information content (AvgIpc) is 2.69. The Labute approximate surface area is 86.0 Å². The number of Topliss-reactive ketones (excluding diaryl/α,β-unsaturated/α-hetero) is 1. The molecule has 3 nitrogen and oxygen atoms in total. The van der Waals surface area contributed by atoms with Gasteiger partial charge >= 0.3 is 0 Å². The highest BCUT2D eigenvalue weighted by molar-refractivity contribution is 5.83. The van der Waals surface area contributed by atoms with E-state index >= 15 is 0 Å². The van der Waals surface area contributed by atoms with E-state index in [-0.39, 0.29) is 11.8 Å². The monoisotopic (exact) mass is 199 g/mol. The molecule has 0 aromatic rings. The van der Waals surface area contributed by atoms with Crippen molar-refractivity contribution >= 4 is 5.78 Å². The molecule has 0 aromatic heterocycles. The van der Waals surface area contributed by atoms with Crippen molar-refractivity contribution < 1.29 is 9.53 Å². The molecule has 1 heterocycles. The highest BCUT2D eigenvalue weighted by Gasteiger charge is 2.16. The van der Waals surface area contributed by atoms with Crippen LogP contribution in [0.15, 0.2) is 0 Å². The van der Waals surface area contributed by atoms with E-state index in [9.17, 15) is 4.79 Å². The van der Waals surface area contributed by atoms with Gasteiger partial charge in [-0.2, -0.15) is 0 Å². The quantitative estimate of drug-likeness (QED) is 0.707. The molecule has 0 radical (unpaired) electrons. The normalized spacial score (nSPS) is 23.7. The number of hydrogen-bond acceptors (Lipinski definition) is 3. The Balaban J connectivity index is 2.05. The molecule has 14 heavy (non-hydrogen) atoms. The minimum Gasteiger partial charge on any atom is -0.378 e. The first-order valence-electron chi connectivity index (χ1n) is 5.64. The van der Waals surface area contributed by atoms with E-state index in [2.05, 4.69) is 0 Å². The van der Waals surface area contributed by atoms with Gasteiger partial charge in [-0.15, -0.1) is 0 Å². The third-order valence-corrected chi connectivity index (χ3v) is 2.83. The molecule has 1 rings (SSSR count). The molecular weight excluding hydrogens is 178 g/mol. The van der Waals surface area contributed by atoms with Crippen molar-refractivity contribution in [2.75, 3.05) is 6.61 Å². The summed E-state index contributed by atoms with van der Waals surface area (Å²) in [5.41, 5.74) is 5.63. The van der Waals surface area contributed by atoms with Crippen molar-refractivity contribution in [2.24, 2.45) is 5.73 Å². The number of carbonyl (C=O) groups is 1. The molecule has 0 bridgehead atoms. The van der Waals surface area contributed by atoms with Crippen LogP contribution in [-0.4, -0.2) is 24.5 Å². The summed E-state index contributed by atoms with van der Waals surface area (Å²) in [5, 5.41) is 0. The van der Waals surface area contributed by atoms with Gasteiger partial charge in [-0.1, -0.05) is 6.92 Å². The van der Waals surface area contributed by atoms with E-state index in [4.69, 9.17) is 10.5 Å². The van der Waals surface area contributed by atoms with Crippen molar-refractivity contribution in [3.63, 3.8) is 0 Å². The molecule has 0 spiro atoms. The van der Waals surface area contributed by atoms with Crippen LogP contribution in [0, 0.1) is 0 Å². The Morgan fingerprint density at radius 1 is 1.64 bits per heavy atom. The lowest BCUT2D eigenvalue weighted by Gasteiger charge is -2.10. The summed E-state index contributed by atoms with van der Waals surface area (Å²) in [5.74, 6) is 0.200. The van der Waals surface area contributed by atoms with Gasteiger partial charge < -0.3 is 10.5 Å². The van der Waals surface area contributed by atoms with E-state index in [1.807, 2.05) is 6.92 Å². The minimum absolute atomic E-state index is 0.200. The van der Waals surface area contributed by atoms with Crippen molar-refractivity contribution in [2.45, 2.75) is 57.6 Å². The second kappa shape index (κ2) is 6.14. The fourth-order valence-corrected chi connectivity index (χ4v) is 1.79. The lowest BCUT2D eigenvalue weighted by molar-refractivity contribution is -0.120. The van der Waals surface area contributed by atoms with Crippen LogP contribution in [0.4, 0.5) is 0 Å². The van der Waals surface area contributed by atoms with Gasteiger partial charge in [0.05, 0.1) is 12.1 Å². The van der Waals surface area contributed by atoms with Gasteiger partial charge in [-0.05, 0) is 32.1 Å². The van der Waals surface area contributed by atoms with E-state index in [0.29, 0.717) is 12.5 Å². The fraction of sp³-hybridized carbons (Fsp3) is 0.909. The third kappa shape index (κ3) is 3.76. The van der Waals surface area contributed by atoms with Gasteiger partial charge in [-0.25, -0.2) is 0 Å². The van der Waals surface area contributed by atoms with Crippen LogP contribution in [0.2, 0.25) is 0 Å². The number of nitrogens with two attached hydrogens (primary N) is 1. The zero-order valence-corrected chi connectivity index (χ0v) is 9.00. The van der Waals surface area contributed by atoms with Gasteiger partial charge in [0.2, 0.25) is 0 Å². The summed E-state index contributed by atoms with van der Waals surface area (Å²) in [7, 11) is 0. The van der Waals surface area contributed by atoms with Crippen molar-refractivity contribution in [3.8, 4) is 0 Å². The number of hydrogen-bond donors (Lipinski definition) is 1. The third-order valence-electron chi connectivity index (χ3n) is 2.83. The predicted molar refractivity (Wildman–Crippen MR) is 56.1 cm³/mol. The number of carbonyl (C=O) groups excluding carboxylic acids is 1. The number of rotatable bonds is 6. The van der Waals surface area contributed by atoms with E-state index in [0.717, 1.165) is 32.3 Å². The topological polar surface area (TPSA) is 52.3 Å². The van der Waals surface area contributed by atoms with Crippen LogP contribution in [-0.2, 0) is 9.53 Å². The maximum absolute atomic E-state index is 11.4. The minimum atomic E-state index is -0.250. The lowest BCUT2D eigenvalue weighted by atomic mass is 10.0. The summed E-state index contributed by atoms with van der Waals surface area (Å²) in [6, 6.07) is -0.250. The molecular formula is C11H21NO2. The Morgan fingerprint density at radius 2 is 2.43 bits per heavy atom. The Kier molecular flexibility index (Phi) is 5.12. The highest BCUT2D eigenvalue weighted by atomic mass is 16.5. The van der Waals surface area contributed by atoms with Crippen LogP contribution in [0.25, 0.3) is 0 Å². The summed E-state index contributed by atoms with van der Waals surface area (Å²) in [6.07, 6.45) is 6.05. The van der Waals surface area contributed by atoms with E-state index < -0.39 is 0 Å². The molecule has 2 N–H and O–H groups in total. The molecule has 2 atom stereocenters. The number of ketones is 1. The molecule has 0 saturated carbocycles. The second-order valence-electron chi connectivity index (χ2n) is 4.01. The van der Waals surface area contributed by atoms with Crippen molar-refractivity contribution in [1.82, 2.24) is 0 Å². The van der Waals surface area contributed by atoms with Gasteiger partial charge in [0.1, 0.15) is 5.78 Å². The Morgan fingerprint density at radius 3 is 3.00 bits per heavy atom. The lowest BCUT2D eigenvalue weighted by Crippen LogP contribution is -2.29. The number of ether oxygens (including phenoxy) is 1. The van der Waals surface area contributed by atoms with Crippen LogP contribution < -0.4 is 5.73 Å². The molecule has 0 aromatic carbocycles. The van der Waals surface area contributed by atoms with Crippen molar-refractivity contribution in [3.05, 3.63) is 0 Å². The summed E-state index contributed by atoms with van der Waals surface area (Å²) in [6.45, 7) is 2.84. The standard InChI is InChI=1S/C11H21NO2/c1-2-10(12)11(13)7-3-5-9-6-4-8-14-9/h9-10H,2-8,12H2,1H3. The Bertz CT molecular complexity index is 176. The molecule has 1 aliphatic rings. The van der Waals surface area contributed by atoms with Gasteiger partial charge in [0.15, 0.2) is 0 Å². The Hall–Kier alpha value is -0.410. The van der Waals surface area contributed by atoms with Crippen LogP contribution >= 0.6 is 0 Å². The largest absolute Gasteiger partial charge is 0.378 e. The van der Waals surface area contributed by atoms with Crippen LogP contribution in [0.5, 0.6) is 0 Å². The maximum Gasteiger partial charge on any atom is 0.149 e.